The minimum Gasteiger partial charge on any atom is -0.500 e. The number of benzene rings is 1. The second-order valence-electron chi connectivity index (χ2n) is 8.20. The third kappa shape index (κ3) is 3.58. The van der Waals surface area contributed by atoms with Crippen LogP contribution in [0.3, 0.4) is 0 Å². The van der Waals surface area contributed by atoms with Crippen LogP contribution in [-0.2, 0) is 20.9 Å². The van der Waals surface area contributed by atoms with Crippen LogP contribution < -0.4 is 5.73 Å². The standard InChI is InChI=1S/C23H28N2O3/c1-28-20-11-10-19(23(27)22(20)16-4-2-3-5-16)17-12-21(26)25(14-17)13-15-6-8-18(24)9-7-15/h6-11,16-17,22H,2-5,12-14,24H2,1H3/t17?,22-/m1/s1. The van der Waals surface area contributed by atoms with Gasteiger partial charge in [0, 0.05) is 36.7 Å². The lowest BCUT2D eigenvalue weighted by atomic mass is 9.76. The van der Waals surface area contributed by atoms with E-state index < -0.39 is 0 Å². The number of ether oxygens (including phenoxy) is 1. The van der Waals surface area contributed by atoms with Crippen molar-refractivity contribution in [2.75, 3.05) is 19.4 Å². The van der Waals surface area contributed by atoms with E-state index in [0.717, 1.165) is 29.7 Å². The molecule has 28 heavy (non-hydrogen) atoms. The average molecular weight is 380 g/mol. The lowest BCUT2D eigenvalue weighted by Gasteiger charge is -2.29. The van der Waals surface area contributed by atoms with Crippen LogP contribution in [0.4, 0.5) is 5.69 Å². The van der Waals surface area contributed by atoms with Crippen molar-refractivity contribution in [2.45, 2.75) is 38.6 Å². The largest absolute Gasteiger partial charge is 0.500 e. The topological polar surface area (TPSA) is 72.6 Å². The van der Waals surface area contributed by atoms with Gasteiger partial charge >= 0.3 is 0 Å². The maximum Gasteiger partial charge on any atom is 0.223 e. The van der Waals surface area contributed by atoms with Gasteiger partial charge < -0.3 is 15.4 Å². The van der Waals surface area contributed by atoms with Crippen molar-refractivity contribution in [3.8, 4) is 0 Å². The molecule has 4 rings (SSSR count). The van der Waals surface area contributed by atoms with Gasteiger partial charge in [-0.3, -0.25) is 9.59 Å². The minimum absolute atomic E-state index is 0.0349. The third-order valence-electron chi connectivity index (χ3n) is 6.42. The van der Waals surface area contributed by atoms with Gasteiger partial charge in [0.05, 0.1) is 13.0 Å². The Balaban J connectivity index is 1.49. The van der Waals surface area contributed by atoms with E-state index in [1.165, 1.54) is 12.8 Å². The summed E-state index contributed by atoms with van der Waals surface area (Å²) in [4.78, 5) is 27.8. The van der Waals surface area contributed by atoms with Crippen LogP contribution in [0.1, 0.15) is 37.7 Å². The Morgan fingerprint density at radius 3 is 2.50 bits per heavy atom. The highest BCUT2D eigenvalue weighted by atomic mass is 16.5. The third-order valence-corrected chi connectivity index (χ3v) is 6.42. The van der Waals surface area contributed by atoms with Crippen molar-refractivity contribution in [3.05, 3.63) is 53.3 Å². The number of nitrogens with two attached hydrogens (primary N) is 1. The van der Waals surface area contributed by atoms with E-state index in [2.05, 4.69) is 0 Å². The molecular formula is C23H28N2O3. The van der Waals surface area contributed by atoms with Crippen molar-refractivity contribution >= 4 is 17.4 Å². The van der Waals surface area contributed by atoms with Crippen molar-refractivity contribution in [3.63, 3.8) is 0 Å². The summed E-state index contributed by atoms with van der Waals surface area (Å²) in [5.41, 5.74) is 8.31. The van der Waals surface area contributed by atoms with Crippen molar-refractivity contribution in [1.82, 2.24) is 4.90 Å². The highest BCUT2D eigenvalue weighted by Gasteiger charge is 2.42. The Morgan fingerprint density at radius 2 is 1.82 bits per heavy atom. The normalized spacial score (nSPS) is 25.8. The number of allylic oxidation sites excluding steroid dienone is 3. The molecule has 3 aliphatic rings. The smallest absolute Gasteiger partial charge is 0.223 e. The van der Waals surface area contributed by atoms with Gasteiger partial charge in [0.15, 0.2) is 5.78 Å². The van der Waals surface area contributed by atoms with Crippen LogP contribution in [0.25, 0.3) is 0 Å². The van der Waals surface area contributed by atoms with E-state index in [4.69, 9.17) is 10.5 Å². The van der Waals surface area contributed by atoms with Crippen LogP contribution in [0.2, 0.25) is 0 Å². The Morgan fingerprint density at radius 1 is 1.11 bits per heavy atom. The fraction of sp³-hybridized carbons (Fsp3) is 0.478. The number of methoxy groups -OCH3 is 1. The summed E-state index contributed by atoms with van der Waals surface area (Å²) in [5, 5.41) is 0. The SMILES string of the molecule is COC1=CC=C(C2CC(=O)N(Cc3ccc(N)cc3)C2)C(=O)[C@@H]1C1CCCC1. The molecule has 1 amide bonds. The molecule has 148 valence electrons. The number of nitrogen functional groups attached to an aromatic ring is 1. The first kappa shape index (κ1) is 18.8. The Hall–Kier alpha value is -2.56. The Labute approximate surface area is 166 Å². The average Bonchev–Trinajstić information content (AvgIpc) is 3.33. The molecule has 0 spiro atoms. The van der Waals surface area contributed by atoms with Gasteiger partial charge in [-0.15, -0.1) is 0 Å². The molecule has 0 radical (unpaired) electrons. The first-order valence-electron chi connectivity index (χ1n) is 10.2. The van der Waals surface area contributed by atoms with E-state index in [9.17, 15) is 9.59 Å². The van der Waals surface area contributed by atoms with Gasteiger partial charge in [-0.05, 0) is 42.5 Å². The van der Waals surface area contributed by atoms with E-state index in [1.54, 1.807) is 7.11 Å². The number of nitrogens with zero attached hydrogens (tertiary/aromatic N) is 1. The zero-order valence-corrected chi connectivity index (χ0v) is 16.4. The first-order chi connectivity index (χ1) is 13.6. The van der Waals surface area contributed by atoms with E-state index in [-0.39, 0.29) is 23.5 Å². The summed E-state index contributed by atoms with van der Waals surface area (Å²) in [6, 6.07) is 7.60. The maximum atomic E-state index is 13.3. The number of anilines is 1. The summed E-state index contributed by atoms with van der Waals surface area (Å²) >= 11 is 0. The number of rotatable bonds is 5. The molecule has 1 aliphatic heterocycles. The quantitative estimate of drug-likeness (QED) is 0.794. The molecular weight excluding hydrogens is 352 g/mol. The van der Waals surface area contributed by atoms with Crippen LogP contribution >= 0.6 is 0 Å². The molecule has 5 heteroatoms. The molecule has 1 heterocycles. The molecule has 2 fully saturated rings. The molecule has 2 atom stereocenters. The fourth-order valence-corrected chi connectivity index (χ4v) is 4.91. The van der Waals surface area contributed by atoms with Crippen LogP contribution in [0, 0.1) is 17.8 Å². The summed E-state index contributed by atoms with van der Waals surface area (Å²) in [7, 11) is 1.65. The number of hydrogen-bond acceptors (Lipinski definition) is 4. The van der Waals surface area contributed by atoms with Crippen molar-refractivity contribution < 1.29 is 14.3 Å². The molecule has 1 aromatic carbocycles. The molecule has 0 aromatic heterocycles. The zero-order chi connectivity index (χ0) is 19.7. The van der Waals surface area contributed by atoms with Gasteiger partial charge in [0.2, 0.25) is 5.91 Å². The van der Waals surface area contributed by atoms with Gasteiger partial charge in [-0.25, -0.2) is 0 Å². The van der Waals surface area contributed by atoms with Gasteiger partial charge in [0.1, 0.15) is 5.76 Å². The first-order valence-corrected chi connectivity index (χ1v) is 10.2. The molecule has 1 aromatic rings. The zero-order valence-electron chi connectivity index (χ0n) is 16.4. The Bertz CT molecular complexity index is 819. The van der Waals surface area contributed by atoms with E-state index >= 15 is 0 Å². The summed E-state index contributed by atoms with van der Waals surface area (Å²) < 4.78 is 5.54. The number of likely N-dealkylation sites (tertiary alicyclic amines) is 1. The monoisotopic (exact) mass is 380 g/mol. The predicted octanol–water partition coefficient (Wildman–Crippen LogP) is 3.46. The van der Waals surface area contributed by atoms with Crippen LogP contribution in [-0.4, -0.2) is 30.2 Å². The minimum atomic E-state index is -0.172. The van der Waals surface area contributed by atoms with E-state index in [1.807, 2.05) is 41.3 Å². The second-order valence-corrected chi connectivity index (χ2v) is 8.20. The number of amides is 1. The maximum absolute atomic E-state index is 13.3. The highest BCUT2D eigenvalue weighted by Crippen LogP contribution is 2.41. The molecule has 5 nitrogen and oxygen atoms in total. The summed E-state index contributed by atoms with van der Waals surface area (Å²) in [6.07, 6.45) is 8.77. The molecule has 1 saturated carbocycles. The van der Waals surface area contributed by atoms with Gasteiger partial charge in [-0.2, -0.15) is 0 Å². The lowest BCUT2D eigenvalue weighted by molar-refractivity contribution is -0.128. The molecule has 1 unspecified atom stereocenters. The fourth-order valence-electron chi connectivity index (χ4n) is 4.91. The van der Waals surface area contributed by atoms with Crippen molar-refractivity contribution in [2.24, 2.45) is 17.8 Å². The number of carbonyl (C=O) groups excluding carboxylic acids is 2. The number of Topliss-reactive ketones (excluding diaryl/α,β-unsaturated/α-hetero) is 1. The summed E-state index contributed by atoms with van der Waals surface area (Å²) in [5.74, 6) is 1.21. The highest BCUT2D eigenvalue weighted by molar-refractivity contribution is 6.02. The Kier molecular flexibility index (Phi) is 5.25. The van der Waals surface area contributed by atoms with Gasteiger partial charge in [0.25, 0.3) is 0 Å². The number of carbonyl (C=O) groups is 2. The number of hydrogen-bond donors (Lipinski definition) is 1. The number of ketones is 1. The molecule has 0 bridgehead atoms. The molecule has 1 saturated heterocycles. The van der Waals surface area contributed by atoms with Gasteiger partial charge in [-0.1, -0.05) is 31.1 Å². The van der Waals surface area contributed by atoms with Crippen LogP contribution in [0.15, 0.2) is 47.7 Å². The molecule has 2 aliphatic carbocycles. The van der Waals surface area contributed by atoms with Crippen molar-refractivity contribution in [1.29, 1.82) is 0 Å². The second kappa shape index (κ2) is 7.82. The summed E-state index contributed by atoms with van der Waals surface area (Å²) in [6.45, 7) is 1.15. The molecule has 2 N–H and O–H groups in total. The predicted molar refractivity (Wildman–Crippen MR) is 108 cm³/mol. The van der Waals surface area contributed by atoms with Crippen LogP contribution in [0.5, 0.6) is 0 Å². The van der Waals surface area contributed by atoms with E-state index in [0.29, 0.717) is 31.1 Å². The lowest BCUT2D eigenvalue weighted by Crippen LogP contribution is -2.32.